The number of hydrogen-bond acceptors (Lipinski definition) is 4. The standard InChI is InChI=1S/C22H19O5P/c1-15-8-10-18(11-9-15)22(24)28(25,26)27-21(23)20-13-12-19(14-16(20)2)17-6-4-3-5-7-17/h3-14H,1-2H3,(H,25,26). The second kappa shape index (κ2) is 7.93. The van der Waals surface area contributed by atoms with Crippen LogP contribution < -0.4 is 0 Å². The molecule has 0 spiro atoms. The fourth-order valence-electron chi connectivity index (χ4n) is 2.77. The smallest absolute Gasteiger partial charge is 0.383 e. The van der Waals surface area contributed by atoms with Gasteiger partial charge in [-0.1, -0.05) is 72.3 Å². The molecule has 0 saturated heterocycles. The molecule has 3 aromatic carbocycles. The van der Waals surface area contributed by atoms with Crippen LogP contribution in [0.2, 0.25) is 0 Å². The van der Waals surface area contributed by atoms with Crippen LogP contribution in [0, 0.1) is 13.8 Å². The van der Waals surface area contributed by atoms with Gasteiger partial charge in [0.2, 0.25) is 0 Å². The minimum absolute atomic E-state index is 0.0142. The van der Waals surface area contributed by atoms with Gasteiger partial charge in [0, 0.05) is 5.56 Å². The maximum absolute atomic E-state index is 12.4. The molecule has 0 aliphatic rings. The molecule has 0 fully saturated rings. The molecule has 0 aliphatic heterocycles. The van der Waals surface area contributed by atoms with Gasteiger partial charge in [0.25, 0.3) is 5.52 Å². The van der Waals surface area contributed by atoms with Crippen molar-refractivity contribution in [1.29, 1.82) is 0 Å². The Hall–Kier alpha value is -3.01. The van der Waals surface area contributed by atoms with Crippen molar-refractivity contribution in [2.75, 3.05) is 0 Å². The monoisotopic (exact) mass is 394 g/mol. The van der Waals surface area contributed by atoms with E-state index < -0.39 is 19.1 Å². The summed E-state index contributed by atoms with van der Waals surface area (Å²) in [5.41, 5.74) is 2.39. The summed E-state index contributed by atoms with van der Waals surface area (Å²) < 4.78 is 17.1. The van der Waals surface area contributed by atoms with Crippen molar-refractivity contribution in [3.05, 3.63) is 95.1 Å². The van der Waals surface area contributed by atoms with Crippen LogP contribution in [0.25, 0.3) is 11.1 Å². The zero-order valence-electron chi connectivity index (χ0n) is 15.5. The van der Waals surface area contributed by atoms with E-state index in [2.05, 4.69) is 0 Å². The molecule has 28 heavy (non-hydrogen) atoms. The maximum atomic E-state index is 12.4. The summed E-state index contributed by atoms with van der Waals surface area (Å²) in [4.78, 5) is 34.7. The number of hydrogen-bond donors (Lipinski definition) is 1. The normalized spacial score (nSPS) is 12.8. The summed E-state index contributed by atoms with van der Waals surface area (Å²) in [5, 5.41) is 0. The van der Waals surface area contributed by atoms with Crippen LogP contribution in [0.5, 0.6) is 0 Å². The van der Waals surface area contributed by atoms with E-state index >= 15 is 0 Å². The molecule has 0 saturated carbocycles. The average Bonchev–Trinajstić information content (AvgIpc) is 2.68. The third kappa shape index (κ3) is 4.28. The lowest BCUT2D eigenvalue weighted by Gasteiger charge is -2.13. The summed E-state index contributed by atoms with van der Waals surface area (Å²) in [6.45, 7) is 3.53. The van der Waals surface area contributed by atoms with E-state index in [0.717, 1.165) is 16.7 Å². The van der Waals surface area contributed by atoms with Gasteiger partial charge in [-0.05, 0) is 36.6 Å². The zero-order chi connectivity index (χ0) is 20.3. The van der Waals surface area contributed by atoms with E-state index in [9.17, 15) is 19.0 Å². The highest BCUT2D eigenvalue weighted by molar-refractivity contribution is 7.72. The Morgan fingerprint density at radius 1 is 0.857 bits per heavy atom. The van der Waals surface area contributed by atoms with E-state index in [4.69, 9.17) is 4.52 Å². The lowest BCUT2D eigenvalue weighted by atomic mass is 10.00. The van der Waals surface area contributed by atoms with Gasteiger partial charge in [-0.15, -0.1) is 0 Å². The van der Waals surface area contributed by atoms with E-state index in [1.807, 2.05) is 37.3 Å². The van der Waals surface area contributed by atoms with Crippen LogP contribution >= 0.6 is 7.60 Å². The Balaban J connectivity index is 1.81. The van der Waals surface area contributed by atoms with E-state index in [1.54, 1.807) is 31.2 Å². The van der Waals surface area contributed by atoms with Gasteiger partial charge in [-0.25, -0.2) is 9.36 Å². The van der Waals surface area contributed by atoms with Crippen LogP contribution in [-0.2, 0) is 9.09 Å². The second-order valence-electron chi connectivity index (χ2n) is 6.47. The Bertz CT molecular complexity index is 1070. The fraction of sp³-hybridized carbons (Fsp3) is 0.0909. The summed E-state index contributed by atoms with van der Waals surface area (Å²) in [7, 11) is -4.82. The largest absolute Gasteiger partial charge is 0.450 e. The minimum Gasteiger partial charge on any atom is -0.383 e. The Kier molecular flexibility index (Phi) is 5.59. The second-order valence-corrected chi connectivity index (χ2v) is 8.10. The molecule has 0 radical (unpaired) electrons. The van der Waals surface area contributed by atoms with Crippen molar-refractivity contribution in [2.45, 2.75) is 13.8 Å². The van der Waals surface area contributed by atoms with Gasteiger partial charge >= 0.3 is 13.6 Å². The van der Waals surface area contributed by atoms with Crippen molar-refractivity contribution in [3.8, 4) is 11.1 Å². The highest BCUT2D eigenvalue weighted by Crippen LogP contribution is 2.46. The van der Waals surface area contributed by atoms with Crippen molar-refractivity contribution >= 4 is 19.1 Å². The summed E-state index contributed by atoms with van der Waals surface area (Å²) >= 11 is 0. The van der Waals surface area contributed by atoms with Gasteiger partial charge in [0.15, 0.2) is 0 Å². The summed E-state index contributed by atoms with van der Waals surface area (Å²) in [6, 6.07) is 20.8. The summed E-state index contributed by atoms with van der Waals surface area (Å²) in [5.74, 6) is -1.01. The van der Waals surface area contributed by atoms with Gasteiger partial charge in [-0.2, -0.15) is 0 Å². The first kappa shape index (κ1) is 19.7. The Morgan fingerprint density at radius 3 is 2.11 bits per heavy atom. The third-order valence-corrected chi connectivity index (χ3v) is 5.50. The van der Waals surface area contributed by atoms with Crippen LogP contribution in [0.4, 0.5) is 0 Å². The highest BCUT2D eigenvalue weighted by atomic mass is 31.2. The molecular weight excluding hydrogens is 375 g/mol. The molecule has 3 aromatic rings. The third-order valence-electron chi connectivity index (χ3n) is 4.32. The van der Waals surface area contributed by atoms with Crippen LogP contribution in [0.15, 0.2) is 72.8 Å². The number of aryl methyl sites for hydroxylation is 2. The molecule has 0 aliphatic carbocycles. The first-order valence-corrected chi connectivity index (χ1v) is 10.2. The van der Waals surface area contributed by atoms with Crippen molar-refractivity contribution in [2.24, 2.45) is 0 Å². The molecule has 1 N–H and O–H groups in total. The molecule has 3 rings (SSSR count). The maximum Gasteiger partial charge on any atom is 0.450 e. The predicted octanol–water partition coefficient (Wildman–Crippen LogP) is 5.15. The first-order valence-electron chi connectivity index (χ1n) is 8.62. The fourth-order valence-corrected chi connectivity index (χ4v) is 3.65. The lowest BCUT2D eigenvalue weighted by molar-refractivity contribution is 0.0699. The van der Waals surface area contributed by atoms with Crippen LogP contribution in [0.1, 0.15) is 31.8 Å². The number of rotatable bonds is 5. The summed E-state index contributed by atoms with van der Waals surface area (Å²) in [6.07, 6.45) is 0. The van der Waals surface area contributed by atoms with E-state index in [1.165, 1.54) is 18.2 Å². The molecule has 0 amide bonds. The molecule has 6 heteroatoms. The minimum atomic E-state index is -4.82. The molecule has 1 atom stereocenters. The predicted molar refractivity (Wildman–Crippen MR) is 107 cm³/mol. The van der Waals surface area contributed by atoms with Crippen LogP contribution in [-0.4, -0.2) is 16.4 Å². The van der Waals surface area contributed by atoms with E-state index in [0.29, 0.717) is 5.56 Å². The topological polar surface area (TPSA) is 80.7 Å². The van der Waals surface area contributed by atoms with Gasteiger partial charge in [-0.3, -0.25) is 4.79 Å². The Labute approximate surface area is 163 Å². The van der Waals surface area contributed by atoms with Crippen LogP contribution in [0.3, 0.4) is 0 Å². The molecule has 142 valence electrons. The molecular formula is C22H19O5P. The molecule has 5 nitrogen and oxygen atoms in total. The van der Waals surface area contributed by atoms with E-state index in [-0.39, 0.29) is 11.1 Å². The van der Waals surface area contributed by atoms with Gasteiger partial charge in [0.1, 0.15) is 0 Å². The molecule has 1 unspecified atom stereocenters. The quantitative estimate of drug-likeness (QED) is 0.605. The Morgan fingerprint density at radius 2 is 1.50 bits per heavy atom. The number of carbonyl (C=O) groups excluding carboxylic acids is 2. The van der Waals surface area contributed by atoms with Crippen molar-refractivity contribution < 1.29 is 23.6 Å². The SMILES string of the molecule is Cc1ccc(C(=O)P(=O)(O)OC(=O)c2ccc(-c3ccccc3)cc2C)cc1. The lowest BCUT2D eigenvalue weighted by Crippen LogP contribution is -2.11. The number of benzene rings is 3. The zero-order valence-corrected chi connectivity index (χ0v) is 16.4. The van der Waals surface area contributed by atoms with Crippen molar-refractivity contribution in [1.82, 2.24) is 0 Å². The molecule has 0 bridgehead atoms. The first-order chi connectivity index (χ1) is 13.3. The average molecular weight is 394 g/mol. The van der Waals surface area contributed by atoms with Gasteiger partial charge < -0.3 is 9.42 Å². The highest BCUT2D eigenvalue weighted by Gasteiger charge is 2.36. The van der Waals surface area contributed by atoms with Gasteiger partial charge in [0.05, 0.1) is 5.56 Å². The molecule has 0 heterocycles. The number of carbonyl (C=O) groups is 2. The van der Waals surface area contributed by atoms with Crippen molar-refractivity contribution in [3.63, 3.8) is 0 Å². The molecule has 0 aromatic heterocycles.